The maximum Gasteiger partial charge on any atom is 0.359 e. The minimum Gasteiger partial charge on any atom is -0.455 e. The van der Waals surface area contributed by atoms with Gasteiger partial charge in [0.1, 0.15) is 22.0 Å². The fourth-order valence-electron chi connectivity index (χ4n) is 7.59. The number of rotatable bonds is 10. The average Bonchev–Trinajstić information content (AvgIpc) is 4.17. The summed E-state index contributed by atoms with van der Waals surface area (Å²) in [6.07, 6.45) is 4.96. The first kappa shape index (κ1) is 54.1. The number of para-hydroxylation sites is 2. The number of nitrogens with one attached hydrogen (secondary N) is 2. The molecule has 2 saturated heterocycles. The standard InChI is InChI=1S/C27H32ClN5O2.C23H25ClN4O2S.C4H9N/c1-27(2,3)35-25(34)22-23(30-26(31(4)5)33(22)21-11-7-6-8-12-21)29-24(32-17-9-10-18-32)19-13-15-20(28)16-14-19;1-23(2,3)30-21(29)18-19(25-20(31)15-11-13-16(24)14-12-15)26-22(27(4)5)28(18)17-9-7-6-8-10-17;1-2-4-5-3-1/h6-8,11-16H,9-10,17-18H2,1-5H3;6-14H,1-5H3,(H,25,31);5H,1-4H2. The molecule has 6 aromatic rings. The van der Waals surface area contributed by atoms with Gasteiger partial charge in [0.15, 0.2) is 23.0 Å². The molecule has 0 spiro atoms. The fraction of sp³-hybridized carbons (Fsp3) is 0.370. The van der Waals surface area contributed by atoms with E-state index >= 15 is 0 Å². The van der Waals surface area contributed by atoms with Gasteiger partial charge in [-0.3, -0.25) is 9.13 Å². The fourth-order valence-corrected chi connectivity index (χ4v) is 8.08. The number of carbonyl (C=O) groups is 2. The molecule has 4 aromatic carbocycles. The molecule has 0 radical (unpaired) electrons. The quantitative estimate of drug-likeness (QED) is 0.0585. The molecule has 71 heavy (non-hydrogen) atoms. The minimum atomic E-state index is -0.672. The van der Waals surface area contributed by atoms with E-state index in [-0.39, 0.29) is 5.69 Å². The Morgan fingerprint density at radius 2 is 1.07 bits per heavy atom. The van der Waals surface area contributed by atoms with Crippen LogP contribution in [0.5, 0.6) is 0 Å². The Bertz CT molecular complexity index is 2750. The predicted molar refractivity (Wildman–Crippen MR) is 293 cm³/mol. The van der Waals surface area contributed by atoms with Crippen LogP contribution in [0.2, 0.25) is 10.0 Å². The summed E-state index contributed by atoms with van der Waals surface area (Å²) in [7, 11) is 7.52. The highest BCUT2D eigenvalue weighted by molar-refractivity contribution is 7.81. The van der Waals surface area contributed by atoms with E-state index in [9.17, 15) is 9.59 Å². The van der Waals surface area contributed by atoms with Gasteiger partial charge in [-0.2, -0.15) is 9.97 Å². The first-order valence-electron chi connectivity index (χ1n) is 23.8. The average molecular weight is 1020 g/mol. The number of halogens is 2. The van der Waals surface area contributed by atoms with Crippen LogP contribution in [-0.2, 0) is 9.47 Å². The molecule has 2 N–H and O–H groups in total. The molecule has 2 fully saturated rings. The van der Waals surface area contributed by atoms with E-state index in [2.05, 4.69) is 20.5 Å². The topological polar surface area (TPSA) is 134 Å². The second-order valence-electron chi connectivity index (χ2n) is 19.4. The number of nitrogens with zero attached hydrogens (tertiary/aromatic N) is 8. The van der Waals surface area contributed by atoms with Crippen LogP contribution in [-0.4, -0.2) is 112 Å². The van der Waals surface area contributed by atoms with Gasteiger partial charge in [-0.15, -0.1) is 0 Å². The number of hydrogen-bond acceptors (Lipinski definition) is 11. The number of likely N-dealkylation sites (tertiary alicyclic amines) is 1. The number of esters is 2. The zero-order valence-electron chi connectivity index (χ0n) is 42.4. The molecule has 14 nitrogen and oxygen atoms in total. The lowest BCUT2D eigenvalue weighted by molar-refractivity contribution is 0.00493. The third-order valence-electron chi connectivity index (χ3n) is 10.7. The van der Waals surface area contributed by atoms with Gasteiger partial charge >= 0.3 is 11.9 Å². The number of anilines is 3. The molecule has 2 aliphatic heterocycles. The van der Waals surface area contributed by atoms with Gasteiger partial charge in [-0.25, -0.2) is 14.6 Å². The Hall–Kier alpha value is -6.26. The SMILES string of the molecule is C1CCNC1.CN(C)c1nc(N=C(c2ccc(Cl)cc2)N2CCCC2)c(C(=O)OC(C)(C)C)n1-c1ccccc1.CN(C)c1nc(NC(=S)c2ccc(Cl)cc2)c(C(=O)OC(C)(C)C)n1-c1ccccc1. The number of benzene rings is 4. The highest BCUT2D eigenvalue weighted by Gasteiger charge is 2.32. The molecular formula is C54H66Cl2N10O4S. The molecule has 2 aromatic heterocycles. The monoisotopic (exact) mass is 1020 g/mol. The molecule has 0 saturated carbocycles. The van der Waals surface area contributed by atoms with E-state index in [1.54, 1.807) is 16.7 Å². The van der Waals surface area contributed by atoms with Crippen LogP contribution in [0.3, 0.4) is 0 Å². The van der Waals surface area contributed by atoms with Crippen LogP contribution in [0.4, 0.5) is 23.5 Å². The van der Waals surface area contributed by atoms with Crippen LogP contribution in [0.25, 0.3) is 11.4 Å². The molecule has 376 valence electrons. The Morgan fingerprint density at radius 3 is 1.51 bits per heavy atom. The first-order valence-corrected chi connectivity index (χ1v) is 24.9. The van der Waals surface area contributed by atoms with Crippen molar-refractivity contribution in [1.29, 1.82) is 0 Å². The molecule has 0 aliphatic carbocycles. The number of thiocarbonyl (C=S) groups is 1. The summed E-state index contributed by atoms with van der Waals surface area (Å²) < 4.78 is 15.1. The van der Waals surface area contributed by atoms with Crippen LogP contribution in [0.15, 0.2) is 114 Å². The maximum atomic E-state index is 13.6. The molecular weight excluding hydrogens is 956 g/mol. The number of imidazole rings is 2. The van der Waals surface area contributed by atoms with Gasteiger partial charge < -0.3 is 34.8 Å². The zero-order valence-corrected chi connectivity index (χ0v) is 44.8. The van der Waals surface area contributed by atoms with Gasteiger partial charge in [0.2, 0.25) is 11.9 Å². The van der Waals surface area contributed by atoms with Gasteiger partial charge in [-0.1, -0.05) is 84.0 Å². The van der Waals surface area contributed by atoms with E-state index < -0.39 is 23.1 Å². The number of amidine groups is 1. The summed E-state index contributed by atoms with van der Waals surface area (Å²) in [5.74, 6) is 1.59. The molecule has 17 heteroatoms. The van der Waals surface area contributed by atoms with E-state index in [4.69, 9.17) is 54.9 Å². The van der Waals surface area contributed by atoms with Gasteiger partial charge in [0.05, 0.1) is 0 Å². The van der Waals surface area contributed by atoms with Crippen molar-refractivity contribution in [2.45, 2.75) is 78.4 Å². The Morgan fingerprint density at radius 1 is 0.634 bits per heavy atom. The van der Waals surface area contributed by atoms with Crippen LogP contribution >= 0.6 is 35.4 Å². The lowest BCUT2D eigenvalue weighted by atomic mass is 10.2. The molecule has 8 rings (SSSR count). The van der Waals surface area contributed by atoms with E-state index in [1.165, 1.54) is 25.9 Å². The molecule has 0 amide bonds. The van der Waals surface area contributed by atoms with Crippen molar-refractivity contribution in [3.05, 3.63) is 142 Å². The maximum absolute atomic E-state index is 13.6. The van der Waals surface area contributed by atoms with Crippen molar-refractivity contribution in [3.63, 3.8) is 0 Å². The highest BCUT2D eigenvalue weighted by atomic mass is 35.5. The lowest BCUT2D eigenvalue weighted by Crippen LogP contribution is -2.29. The van der Waals surface area contributed by atoms with Crippen LogP contribution in [0, 0.1) is 0 Å². The lowest BCUT2D eigenvalue weighted by Gasteiger charge is -2.22. The van der Waals surface area contributed by atoms with E-state index in [1.807, 2.05) is 181 Å². The van der Waals surface area contributed by atoms with Crippen LogP contribution < -0.4 is 20.4 Å². The van der Waals surface area contributed by atoms with E-state index in [0.29, 0.717) is 44.3 Å². The summed E-state index contributed by atoms with van der Waals surface area (Å²) >= 11 is 17.7. The van der Waals surface area contributed by atoms with Crippen molar-refractivity contribution in [2.24, 2.45) is 4.99 Å². The van der Waals surface area contributed by atoms with Crippen molar-refractivity contribution in [1.82, 2.24) is 29.3 Å². The molecule has 0 atom stereocenters. The smallest absolute Gasteiger partial charge is 0.359 e. The molecule has 4 heterocycles. The summed E-state index contributed by atoms with van der Waals surface area (Å²) in [6.45, 7) is 15.3. The summed E-state index contributed by atoms with van der Waals surface area (Å²) in [5, 5.41) is 7.62. The van der Waals surface area contributed by atoms with Crippen molar-refractivity contribution in [3.8, 4) is 11.4 Å². The highest BCUT2D eigenvalue weighted by Crippen LogP contribution is 2.33. The van der Waals surface area contributed by atoms with Gasteiger partial charge in [0, 0.05) is 73.8 Å². The third kappa shape index (κ3) is 14.9. The van der Waals surface area contributed by atoms with Gasteiger partial charge in [-0.05, 0) is 141 Å². The normalized spacial score (nSPS) is 13.6. The minimum absolute atomic E-state index is 0.265. The second kappa shape index (κ2) is 24.2. The van der Waals surface area contributed by atoms with Crippen molar-refractivity contribution in [2.75, 3.05) is 69.5 Å². The van der Waals surface area contributed by atoms with E-state index in [0.717, 1.165) is 54.3 Å². The Kier molecular flexibility index (Phi) is 18.5. The summed E-state index contributed by atoms with van der Waals surface area (Å²) in [4.78, 5) is 47.8. The number of aromatic nitrogens is 4. The number of ether oxygens (including phenoxy) is 2. The van der Waals surface area contributed by atoms with Crippen LogP contribution in [0.1, 0.15) is 99.3 Å². The zero-order chi connectivity index (χ0) is 51.5. The van der Waals surface area contributed by atoms with Gasteiger partial charge in [0.25, 0.3) is 0 Å². The molecule has 2 aliphatic rings. The first-order chi connectivity index (χ1) is 33.7. The van der Waals surface area contributed by atoms with Crippen molar-refractivity contribution < 1.29 is 19.1 Å². The molecule has 0 unspecified atom stereocenters. The number of carbonyl (C=O) groups excluding carboxylic acids is 2. The number of aliphatic imine (C=N–C) groups is 1. The summed E-state index contributed by atoms with van der Waals surface area (Å²) in [5.41, 5.74) is 2.49. The Labute approximate surface area is 434 Å². The third-order valence-corrected chi connectivity index (χ3v) is 11.6. The predicted octanol–water partition coefficient (Wildman–Crippen LogP) is 11.4. The Balaban J connectivity index is 0.000000212. The molecule has 0 bridgehead atoms. The second-order valence-corrected chi connectivity index (χ2v) is 20.7. The number of hydrogen-bond donors (Lipinski definition) is 2. The largest absolute Gasteiger partial charge is 0.455 e. The van der Waals surface area contributed by atoms with Crippen molar-refractivity contribution >= 4 is 81.7 Å². The summed E-state index contributed by atoms with van der Waals surface area (Å²) in [6, 6.07) is 34.0.